The molecule has 1 saturated heterocycles. The van der Waals surface area contributed by atoms with E-state index in [1.807, 2.05) is 30.3 Å². The summed E-state index contributed by atoms with van der Waals surface area (Å²) in [6.07, 6.45) is 2.29. The van der Waals surface area contributed by atoms with E-state index in [-0.39, 0.29) is 5.91 Å². The molecule has 0 spiro atoms. The summed E-state index contributed by atoms with van der Waals surface area (Å²) >= 11 is 3.19. The number of amides is 1. The largest absolute Gasteiger partial charge is 0.338 e. The molecule has 3 heterocycles. The molecule has 1 atom stereocenters. The fourth-order valence-corrected chi connectivity index (χ4v) is 4.78. The van der Waals surface area contributed by atoms with E-state index in [4.69, 9.17) is 0 Å². The van der Waals surface area contributed by atoms with Gasteiger partial charge in [-0.05, 0) is 50.7 Å². The van der Waals surface area contributed by atoms with Crippen molar-refractivity contribution in [3.63, 3.8) is 0 Å². The second-order valence-electron chi connectivity index (χ2n) is 5.73. The average molecular weight is 335 g/mol. The number of carbonyl (C=O) groups is 1. The molecule has 1 aliphatic heterocycles. The van der Waals surface area contributed by atoms with Gasteiger partial charge in [-0.25, -0.2) is 4.98 Å². The van der Waals surface area contributed by atoms with E-state index in [9.17, 15) is 4.79 Å². The van der Waals surface area contributed by atoms with E-state index in [0.29, 0.717) is 5.92 Å². The van der Waals surface area contributed by atoms with Gasteiger partial charge in [-0.3, -0.25) is 4.79 Å². The number of piperidine rings is 1. The number of rotatable bonds is 4. The molecule has 4 nitrogen and oxygen atoms in total. The van der Waals surface area contributed by atoms with Crippen LogP contribution in [0.5, 0.6) is 0 Å². The second-order valence-corrected chi connectivity index (χ2v) is 7.67. The van der Waals surface area contributed by atoms with Gasteiger partial charge in [0.1, 0.15) is 9.88 Å². The van der Waals surface area contributed by atoms with Gasteiger partial charge in [-0.1, -0.05) is 6.07 Å². The number of thiazole rings is 1. The molecular formula is C16H21N3OS2. The Labute approximate surface area is 139 Å². The normalized spacial score (nSPS) is 18.6. The van der Waals surface area contributed by atoms with Crippen molar-refractivity contribution in [2.24, 2.45) is 5.92 Å². The summed E-state index contributed by atoms with van der Waals surface area (Å²) in [5.41, 5.74) is 0.856. The van der Waals surface area contributed by atoms with Gasteiger partial charge in [0.15, 0.2) is 0 Å². The molecule has 0 radical (unpaired) electrons. The molecule has 3 rings (SSSR count). The number of nitrogens with zero attached hydrogens (tertiary/aromatic N) is 2. The van der Waals surface area contributed by atoms with E-state index >= 15 is 0 Å². The number of aromatic nitrogens is 1. The molecule has 22 heavy (non-hydrogen) atoms. The summed E-state index contributed by atoms with van der Waals surface area (Å²) < 4.78 is 0. The van der Waals surface area contributed by atoms with Gasteiger partial charge < -0.3 is 10.2 Å². The highest BCUT2D eigenvalue weighted by Gasteiger charge is 2.27. The van der Waals surface area contributed by atoms with E-state index < -0.39 is 0 Å². The van der Waals surface area contributed by atoms with Gasteiger partial charge in [-0.2, -0.15) is 0 Å². The van der Waals surface area contributed by atoms with Crippen LogP contribution in [-0.2, 0) is 0 Å². The first-order chi connectivity index (χ1) is 10.7. The summed E-state index contributed by atoms with van der Waals surface area (Å²) in [4.78, 5) is 21.4. The third kappa shape index (κ3) is 3.24. The molecule has 0 aromatic carbocycles. The molecule has 6 heteroatoms. The summed E-state index contributed by atoms with van der Waals surface area (Å²) in [6, 6.07) is 4.08. The van der Waals surface area contributed by atoms with Gasteiger partial charge >= 0.3 is 0 Å². The number of likely N-dealkylation sites (tertiary alicyclic amines) is 1. The number of carbonyl (C=O) groups excluding carboxylic acids is 1. The molecule has 0 saturated carbocycles. The van der Waals surface area contributed by atoms with E-state index in [2.05, 4.69) is 16.4 Å². The zero-order chi connectivity index (χ0) is 15.5. The quantitative estimate of drug-likeness (QED) is 0.933. The van der Waals surface area contributed by atoms with Crippen molar-refractivity contribution in [3.8, 4) is 9.88 Å². The number of aryl methyl sites for hydroxylation is 1. The van der Waals surface area contributed by atoms with E-state index in [1.54, 1.807) is 11.3 Å². The minimum atomic E-state index is 0.151. The Morgan fingerprint density at radius 2 is 2.41 bits per heavy atom. The van der Waals surface area contributed by atoms with Gasteiger partial charge in [0.2, 0.25) is 0 Å². The van der Waals surface area contributed by atoms with Gasteiger partial charge in [0.25, 0.3) is 5.91 Å². The first kappa shape index (κ1) is 15.6. The van der Waals surface area contributed by atoms with Crippen molar-refractivity contribution in [2.45, 2.75) is 19.8 Å². The second kappa shape index (κ2) is 6.89. The summed E-state index contributed by atoms with van der Waals surface area (Å²) in [5, 5.41) is 6.22. The SMILES string of the molecule is CNCC1CCCN(C(=O)c2sc(-c3cccs3)nc2C)C1. The number of hydrogen-bond donors (Lipinski definition) is 1. The van der Waals surface area contributed by atoms with Crippen LogP contribution < -0.4 is 5.32 Å². The zero-order valence-corrected chi connectivity index (χ0v) is 14.6. The van der Waals surface area contributed by atoms with Crippen molar-refractivity contribution in [1.29, 1.82) is 0 Å². The van der Waals surface area contributed by atoms with Crippen LogP contribution in [0.15, 0.2) is 17.5 Å². The minimum absolute atomic E-state index is 0.151. The summed E-state index contributed by atoms with van der Waals surface area (Å²) in [5.74, 6) is 0.714. The highest BCUT2D eigenvalue weighted by atomic mass is 32.1. The van der Waals surface area contributed by atoms with E-state index in [1.165, 1.54) is 17.8 Å². The molecular weight excluding hydrogens is 314 g/mol. The Morgan fingerprint density at radius 3 is 3.14 bits per heavy atom. The standard InChI is InChI=1S/C16H21N3OS2/c1-11-14(22-15(18-11)13-6-4-8-21-13)16(20)19-7-3-5-12(10-19)9-17-2/h4,6,8,12,17H,3,5,7,9-10H2,1-2H3. The lowest BCUT2D eigenvalue weighted by Crippen LogP contribution is -2.42. The predicted molar refractivity (Wildman–Crippen MR) is 92.7 cm³/mol. The van der Waals surface area contributed by atoms with Gasteiger partial charge in [0, 0.05) is 13.1 Å². The maximum Gasteiger partial charge on any atom is 0.265 e. The molecule has 1 aliphatic rings. The van der Waals surface area contributed by atoms with Crippen molar-refractivity contribution < 1.29 is 4.79 Å². The molecule has 1 fully saturated rings. The predicted octanol–water partition coefficient (Wildman–Crippen LogP) is 3.25. The average Bonchev–Trinajstić information content (AvgIpc) is 3.16. The maximum absolute atomic E-state index is 12.8. The minimum Gasteiger partial charge on any atom is -0.338 e. The lowest BCUT2D eigenvalue weighted by atomic mass is 9.98. The van der Waals surface area contributed by atoms with E-state index in [0.717, 1.165) is 46.5 Å². The van der Waals surface area contributed by atoms with Crippen LogP contribution in [0.1, 0.15) is 28.2 Å². The zero-order valence-electron chi connectivity index (χ0n) is 13.0. The maximum atomic E-state index is 12.8. The molecule has 1 amide bonds. The van der Waals surface area contributed by atoms with Crippen LogP contribution in [0.3, 0.4) is 0 Å². The molecule has 1 unspecified atom stereocenters. The molecule has 2 aromatic rings. The van der Waals surface area contributed by atoms with Crippen LogP contribution in [0, 0.1) is 12.8 Å². The first-order valence-corrected chi connectivity index (χ1v) is 9.34. The third-order valence-electron chi connectivity index (χ3n) is 4.02. The lowest BCUT2D eigenvalue weighted by Gasteiger charge is -2.32. The highest BCUT2D eigenvalue weighted by Crippen LogP contribution is 2.32. The smallest absolute Gasteiger partial charge is 0.265 e. The third-order valence-corrected chi connectivity index (χ3v) is 6.21. The van der Waals surface area contributed by atoms with Crippen LogP contribution in [0.25, 0.3) is 9.88 Å². The van der Waals surface area contributed by atoms with Crippen molar-refractivity contribution >= 4 is 28.6 Å². The van der Waals surface area contributed by atoms with Crippen molar-refractivity contribution in [2.75, 3.05) is 26.7 Å². The Hall–Kier alpha value is -1.24. The van der Waals surface area contributed by atoms with Crippen LogP contribution in [0.4, 0.5) is 0 Å². The molecule has 1 N–H and O–H groups in total. The first-order valence-electron chi connectivity index (χ1n) is 7.64. The summed E-state index contributed by atoms with van der Waals surface area (Å²) in [7, 11) is 1.97. The number of nitrogens with one attached hydrogen (secondary N) is 1. The lowest BCUT2D eigenvalue weighted by molar-refractivity contribution is 0.0678. The van der Waals surface area contributed by atoms with Crippen LogP contribution >= 0.6 is 22.7 Å². The number of thiophene rings is 1. The monoisotopic (exact) mass is 335 g/mol. The van der Waals surface area contributed by atoms with Crippen LogP contribution in [0.2, 0.25) is 0 Å². The van der Waals surface area contributed by atoms with Crippen molar-refractivity contribution in [1.82, 2.24) is 15.2 Å². The van der Waals surface area contributed by atoms with Gasteiger partial charge in [0.05, 0.1) is 10.6 Å². The topological polar surface area (TPSA) is 45.2 Å². The Morgan fingerprint density at radius 1 is 1.55 bits per heavy atom. The Bertz CT molecular complexity index is 634. The van der Waals surface area contributed by atoms with Crippen molar-refractivity contribution in [3.05, 3.63) is 28.1 Å². The molecule has 0 bridgehead atoms. The highest BCUT2D eigenvalue weighted by molar-refractivity contribution is 7.22. The number of hydrogen-bond acceptors (Lipinski definition) is 5. The van der Waals surface area contributed by atoms with Gasteiger partial charge in [-0.15, -0.1) is 22.7 Å². The fraction of sp³-hybridized carbons (Fsp3) is 0.500. The fourth-order valence-electron chi connectivity index (χ4n) is 2.95. The molecule has 118 valence electrons. The molecule has 0 aliphatic carbocycles. The van der Waals surface area contributed by atoms with Crippen LogP contribution in [-0.4, -0.2) is 42.5 Å². The Balaban J connectivity index is 1.77. The molecule has 2 aromatic heterocycles. The summed E-state index contributed by atoms with van der Waals surface area (Å²) in [6.45, 7) is 4.64. The Kier molecular flexibility index (Phi) is 4.90.